The van der Waals surface area contributed by atoms with Crippen LogP contribution in [0.25, 0.3) is 0 Å². The van der Waals surface area contributed by atoms with Gasteiger partial charge in [0.1, 0.15) is 0 Å². The second kappa shape index (κ2) is 5.72. The molecular weight excluding hydrogens is 264 g/mol. The van der Waals surface area contributed by atoms with Crippen molar-refractivity contribution in [3.8, 4) is 0 Å². The molecule has 0 unspecified atom stereocenters. The summed E-state index contributed by atoms with van der Waals surface area (Å²) in [5, 5.41) is 0.913. The highest BCUT2D eigenvalue weighted by Gasteiger charge is 2.26. The van der Waals surface area contributed by atoms with E-state index in [4.69, 9.17) is 11.6 Å². The molecule has 1 rings (SSSR count). The highest BCUT2D eigenvalue weighted by atomic mass is 35.5. The molecule has 1 aromatic carbocycles. The van der Waals surface area contributed by atoms with E-state index >= 15 is 0 Å². The third-order valence-corrected chi connectivity index (χ3v) is 4.38. The molecule has 0 bridgehead atoms. The topological polar surface area (TPSA) is 0 Å². The van der Waals surface area contributed by atoms with Crippen LogP contribution in [0.5, 0.6) is 0 Å². The van der Waals surface area contributed by atoms with Crippen LogP contribution in [0.2, 0.25) is 5.02 Å². The van der Waals surface area contributed by atoms with Crippen molar-refractivity contribution >= 4 is 11.6 Å². The van der Waals surface area contributed by atoms with Crippen molar-refractivity contribution in [1.29, 1.82) is 0 Å². The molecule has 0 spiro atoms. The molecule has 1 heteroatoms. The predicted molar refractivity (Wildman–Crippen MR) is 91.9 cm³/mol. The molecule has 0 aliphatic heterocycles. The Morgan fingerprint density at radius 1 is 0.850 bits per heavy atom. The summed E-state index contributed by atoms with van der Waals surface area (Å²) in [6, 6.07) is 6.61. The fraction of sp³-hybridized carbons (Fsp3) is 0.684. The van der Waals surface area contributed by atoms with Crippen molar-refractivity contribution in [3.05, 3.63) is 34.3 Å². The lowest BCUT2D eigenvalue weighted by Gasteiger charge is -2.31. The van der Waals surface area contributed by atoms with Gasteiger partial charge in [-0.05, 0) is 46.3 Å². The number of hydrogen-bond acceptors (Lipinski definition) is 0. The van der Waals surface area contributed by atoms with Gasteiger partial charge < -0.3 is 0 Å². The van der Waals surface area contributed by atoms with Crippen LogP contribution in [0.3, 0.4) is 0 Å². The summed E-state index contributed by atoms with van der Waals surface area (Å²) in [5.74, 6) is 0. The van der Waals surface area contributed by atoms with Gasteiger partial charge in [-0.3, -0.25) is 0 Å². The van der Waals surface area contributed by atoms with Gasteiger partial charge in [0, 0.05) is 5.02 Å². The Balaban J connectivity index is 3.02. The summed E-state index contributed by atoms with van der Waals surface area (Å²) in [7, 11) is 0. The molecule has 0 aliphatic rings. The van der Waals surface area contributed by atoms with Crippen LogP contribution in [-0.2, 0) is 10.8 Å². The van der Waals surface area contributed by atoms with Crippen LogP contribution in [0.15, 0.2) is 18.2 Å². The van der Waals surface area contributed by atoms with Crippen LogP contribution in [-0.4, -0.2) is 0 Å². The largest absolute Gasteiger partial charge is 0.0840 e. The van der Waals surface area contributed by atoms with Crippen LogP contribution in [0.1, 0.15) is 79.4 Å². The monoisotopic (exact) mass is 294 g/mol. The maximum Gasteiger partial charge on any atom is 0.0446 e. The minimum Gasteiger partial charge on any atom is -0.0840 e. The first-order valence-electron chi connectivity index (χ1n) is 7.63. The molecule has 0 radical (unpaired) electrons. The van der Waals surface area contributed by atoms with Gasteiger partial charge in [-0.2, -0.15) is 0 Å². The van der Waals surface area contributed by atoms with Crippen LogP contribution in [0.4, 0.5) is 0 Å². The molecular formula is C19H31Cl. The summed E-state index contributed by atoms with van der Waals surface area (Å²) in [6.07, 6.45) is 2.36. The Hall–Kier alpha value is -0.490. The first kappa shape index (κ1) is 17.6. The smallest absolute Gasteiger partial charge is 0.0446 e. The Morgan fingerprint density at radius 2 is 1.40 bits per heavy atom. The molecule has 1 aromatic rings. The van der Waals surface area contributed by atoms with Crippen molar-refractivity contribution in [3.63, 3.8) is 0 Å². The number of benzene rings is 1. The highest BCUT2D eigenvalue weighted by molar-refractivity contribution is 6.31. The molecule has 0 nitrogen and oxygen atoms in total. The second-order valence-electron chi connectivity index (χ2n) is 8.89. The van der Waals surface area contributed by atoms with Crippen LogP contribution >= 0.6 is 11.6 Å². The van der Waals surface area contributed by atoms with Gasteiger partial charge in [0.2, 0.25) is 0 Å². The van der Waals surface area contributed by atoms with E-state index in [9.17, 15) is 0 Å². The van der Waals surface area contributed by atoms with Crippen molar-refractivity contribution in [1.82, 2.24) is 0 Å². The summed E-state index contributed by atoms with van der Waals surface area (Å²) in [6.45, 7) is 18.2. The zero-order valence-electron chi connectivity index (χ0n) is 14.5. The minimum absolute atomic E-state index is 0.126. The SMILES string of the molecule is CC(C)(C)CCC(C)(C)c1ccc(C(C)(C)C)cc1Cl. The van der Waals surface area contributed by atoms with Crippen molar-refractivity contribution in [2.45, 2.75) is 79.1 Å². The Labute approximate surface area is 130 Å². The standard InChI is InChI=1S/C19H31Cl/c1-17(2,3)11-12-19(7,8)15-10-9-14(13-16(15)20)18(4,5)6/h9-10,13H,11-12H2,1-8H3. The van der Waals surface area contributed by atoms with Gasteiger partial charge >= 0.3 is 0 Å². The molecule has 0 amide bonds. The highest BCUT2D eigenvalue weighted by Crippen LogP contribution is 2.38. The third kappa shape index (κ3) is 4.81. The van der Waals surface area contributed by atoms with Gasteiger partial charge in [-0.1, -0.05) is 79.1 Å². The van der Waals surface area contributed by atoms with Gasteiger partial charge in [0.25, 0.3) is 0 Å². The maximum atomic E-state index is 6.57. The van der Waals surface area contributed by atoms with Gasteiger partial charge in [0.05, 0.1) is 0 Å². The van der Waals surface area contributed by atoms with E-state index in [0.29, 0.717) is 5.41 Å². The fourth-order valence-electron chi connectivity index (χ4n) is 2.35. The van der Waals surface area contributed by atoms with Crippen molar-refractivity contribution in [2.24, 2.45) is 5.41 Å². The molecule has 0 aliphatic carbocycles. The number of halogens is 1. The van der Waals surface area contributed by atoms with Gasteiger partial charge in [-0.15, -0.1) is 0 Å². The van der Waals surface area contributed by atoms with E-state index in [1.807, 2.05) is 0 Å². The lowest BCUT2D eigenvalue weighted by molar-refractivity contribution is 0.315. The summed E-state index contributed by atoms with van der Waals surface area (Å²) in [5.41, 5.74) is 3.22. The summed E-state index contributed by atoms with van der Waals surface area (Å²) in [4.78, 5) is 0. The lowest BCUT2D eigenvalue weighted by Crippen LogP contribution is -2.21. The molecule has 114 valence electrons. The summed E-state index contributed by atoms with van der Waals surface area (Å²) >= 11 is 6.57. The minimum atomic E-state index is 0.126. The van der Waals surface area contributed by atoms with Crippen molar-refractivity contribution in [2.75, 3.05) is 0 Å². The van der Waals surface area contributed by atoms with Crippen LogP contribution < -0.4 is 0 Å². The molecule has 0 atom stereocenters. The van der Waals surface area contributed by atoms with E-state index in [1.54, 1.807) is 0 Å². The van der Waals surface area contributed by atoms with E-state index < -0.39 is 0 Å². The van der Waals surface area contributed by atoms with E-state index in [2.05, 4.69) is 73.6 Å². The first-order chi connectivity index (χ1) is 8.83. The number of rotatable bonds is 3. The maximum absolute atomic E-state index is 6.57. The van der Waals surface area contributed by atoms with Crippen molar-refractivity contribution < 1.29 is 0 Å². The Bertz CT molecular complexity index is 456. The molecule has 0 fully saturated rings. The quantitative estimate of drug-likeness (QED) is 0.579. The average molecular weight is 295 g/mol. The first-order valence-corrected chi connectivity index (χ1v) is 8.01. The fourth-order valence-corrected chi connectivity index (χ4v) is 2.79. The molecule has 0 N–H and O–H groups in total. The second-order valence-corrected chi connectivity index (χ2v) is 9.30. The Kier molecular flexibility index (Phi) is 5.02. The molecule has 0 aromatic heterocycles. The molecule has 0 heterocycles. The van der Waals surface area contributed by atoms with Crippen LogP contribution in [0, 0.1) is 5.41 Å². The Morgan fingerprint density at radius 3 is 1.80 bits per heavy atom. The van der Waals surface area contributed by atoms with Gasteiger partial charge in [-0.25, -0.2) is 0 Å². The van der Waals surface area contributed by atoms with Gasteiger partial charge in [0.15, 0.2) is 0 Å². The molecule has 0 saturated heterocycles. The molecule has 0 saturated carbocycles. The normalized spacial score (nSPS) is 13.7. The average Bonchev–Trinajstić information content (AvgIpc) is 2.24. The number of hydrogen-bond donors (Lipinski definition) is 0. The van der Waals surface area contributed by atoms with E-state index in [1.165, 1.54) is 17.5 Å². The zero-order chi connectivity index (χ0) is 15.8. The lowest BCUT2D eigenvalue weighted by atomic mass is 9.75. The van der Waals surface area contributed by atoms with E-state index in [0.717, 1.165) is 11.4 Å². The zero-order valence-corrected chi connectivity index (χ0v) is 15.3. The predicted octanol–water partition coefficient (Wildman–Crippen LogP) is 6.74. The third-order valence-electron chi connectivity index (χ3n) is 4.06. The molecule has 20 heavy (non-hydrogen) atoms. The van der Waals surface area contributed by atoms with E-state index in [-0.39, 0.29) is 10.8 Å². The summed E-state index contributed by atoms with van der Waals surface area (Å²) < 4.78 is 0.